The van der Waals surface area contributed by atoms with E-state index in [0.29, 0.717) is 28.6 Å². The first-order chi connectivity index (χ1) is 16.1. The maximum atomic E-state index is 14.2. The van der Waals surface area contributed by atoms with Crippen molar-refractivity contribution < 1.29 is 13.9 Å². The van der Waals surface area contributed by atoms with Crippen molar-refractivity contribution >= 4 is 38.6 Å². The molecule has 1 aromatic heterocycles. The number of methoxy groups -OCH3 is 1. The zero-order valence-electron chi connectivity index (χ0n) is 18.1. The molecular weight excluding hydrogens is 509 g/mol. The van der Waals surface area contributed by atoms with E-state index in [2.05, 4.69) is 31.2 Å². The first-order valence-corrected chi connectivity index (χ1v) is 11.8. The Hall–Kier alpha value is -2.61. The number of rotatable bonds is 10. The van der Waals surface area contributed by atoms with Crippen LogP contribution < -0.4 is 14.8 Å². The second kappa shape index (κ2) is 11.0. The lowest BCUT2D eigenvalue weighted by Crippen LogP contribution is -2.17. The van der Waals surface area contributed by atoms with Crippen LogP contribution >= 0.6 is 27.5 Å². The minimum absolute atomic E-state index is 0.00261. The molecule has 0 saturated heterocycles. The number of para-hydroxylation sites is 2. The SMILES string of the molecule is COc1ccc(Br)c(CNCCCc2nc3ccccc3[nH]2)c1OCc1c(F)cccc1Cl. The lowest BCUT2D eigenvalue weighted by molar-refractivity contribution is 0.276. The number of aryl methyl sites for hydroxylation is 1. The summed E-state index contributed by atoms with van der Waals surface area (Å²) < 4.78 is 26.6. The van der Waals surface area contributed by atoms with Gasteiger partial charge in [-0.3, -0.25) is 0 Å². The van der Waals surface area contributed by atoms with Crippen LogP contribution in [0.2, 0.25) is 5.02 Å². The normalized spacial score (nSPS) is 11.2. The monoisotopic (exact) mass is 531 g/mol. The van der Waals surface area contributed by atoms with Crippen LogP contribution in [-0.2, 0) is 19.6 Å². The number of imidazole rings is 1. The number of H-pyrrole nitrogens is 1. The summed E-state index contributed by atoms with van der Waals surface area (Å²) in [6.45, 7) is 1.34. The van der Waals surface area contributed by atoms with E-state index in [9.17, 15) is 4.39 Å². The van der Waals surface area contributed by atoms with Crippen molar-refractivity contribution in [2.75, 3.05) is 13.7 Å². The van der Waals surface area contributed by atoms with Gasteiger partial charge >= 0.3 is 0 Å². The quantitative estimate of drug-likeness (QED) is 0.231. The van der Waals surface area contributed by atoms with Crippen LogP contribution in [0.4, 0.5) is 4.39 Å². The molecule has 0 fully saturated rings. The molecule has 0 aliphatic carbocycles. The van der Waals surface area contributed by atoms with Crippen LogP contribution in [0, 0.1) is 5.82 Å². The fourth-order valence-corrected chi connectivity index (χ4v) is 4.27. The Morgan fingerprint density at radius 2 is 1.94 bits per heavy atom. The third-order valence-corrected chi connectivity index (χ3v) is 6.41. The van der Waals surface area contributed by atoms with Crippen LogP contribution in [-0.4, -0.2) is 23.6 Å². The topological polar surface area (TPSA) is 59.2 Å². The van der Waals surface area contributed by atoms with Crippen molar-refractivity contribution in [1.29, 1.82) is 0 Å². The first-order valence-electron chi connectivity index (χ1n) is 10.6. The largest absolute Gasteiger partial charge is 0.493 e. The summed E-state index contributed by atoms with van der Waals surface area (Å²) in [7, 11) is 1.58. The summed E-state index contributed by atoms with van der Waals surface area (Å²) in [5.41, 5.74) is 3.24. The van der Waals surface area contributed by atoms with Gasteiger partial charge in [-0.1, -0.05) is 45.7 Å². The van der Waals surface area contributed by atoms with Gasteiger partial charge in [-0.15, -0.1) is 0 Å². The number of hydrogen-bond donors (Lipinski definition) is 2. The predicted octanol–water partition coefficient (Wildman–Crippen LogP) is 6.43. The van der Waals surface area contributed by atoms with E-state index in [1.165, 1.54) is 6.07 Å². The number of halogens is 3. The molecule has 4 rings (SSSR count). The molecule has 3 aromatic carbocycles. The molecule has 0 spiro atoms. The molecule has 33 heavy (non-hydrogen) atoms. The third kappa shape index (κ3) is 5.66. The molecule has 2 N–H and O–H groups in total. The fraction of sp³-hybridized carbons (Fsp3) is 0.240. The van der Waals surface area contributed by atoms with Gasteiger partial charge < -0.3 is 19.8 Å². The van der Waals surface area contributed by atoms with Crippen LogP contribution in [0.15, 0.2) is 59.1 Å². The first kappa shape index (κ1) is 23.5. The molecule has 172 valence electrons. The molecule has 0 aliphatic rings. The summed E-state index contributed by atoms with van der Waals surface area (Å²) in [6.07, 6.45) is 1.76. The molecule has 8 heteroatoms. The van der Waals surface area contributed by atoms with Gasteiger partial charge in [0.05, 0.1) is 23.2 Å². The number of benzene rings is 3. The average Bonchev–Trinajstić information content (AvgIpc) is 3.23. The fourth-order valence-electron chi connectivity index (χ4n) is 3.60. The van der Waals surface area contributed by atoms with Crippen molar-refractivity contribution in [2.24, 2.45) is 0 Å². The highest BCUT2D eigenvalue weighted by molar-refractivity contribution is 9.10. The maximum absolute atomic E-state index is 14.2. The molecular formula is C25H24BrClFN3O2. The Bertz CT molecular complexity index is 1190. The molecule has 5 nitrogen and oxygen atoms in total. The average molecular weight is 533 g/mol. The van der Waals surface area contributed by atoms with E-state index in [0.717, 1.165) is 46.3 Å². The van der Waals surface area contributed by atoms with Gasteiger partial charge in [0.25, 0.3) is 0 Å². The van der Waals surface area contributed by atoms with E-state index in [4.69, 9.17) is 21.1 Å². The van der Waals surface area contributed by atoms with Gasteiger partial charge in [0, 0.05) is 28.6 Å². The zero-order valence-corrected chi connectivity index (χ0v) is 20.5. The van der Waals surface area contributed by atoms with Crippen molar-refractivity contribution in [3.63, 3.8) is 0 Å². The second-order valence-electron chi connectivity index (χ2n) is 7.53. The number of fused-ring (bicyclic) bond motifs is 1. The molecule has 0 atom stereocenters. The third-order valence-electron chi connectivity index (χ3n) is 5.32. The summed E-state index contributed by atoms with van der Waals surface area (Å²) in [4.78, 5) is 7.97. The van der Waals surface area contributed by atoms with E-state index in [1.807, 2.05) is 36.4 Å². The number of nitrogens with one attached hydrogen (secondary N) is 2. The van der Waals surface area contributed by atoms with Gasteiger partial charge in [-0.05, 0) is 49.4 Å². The molecule has 0 aliphatic heterocycles. The standard InChI is InChI=1S/C25H24BrClFN3O2/c1-32-23-12-11-18(26)16(25(23)33-15-17-19(27)6-4-7-20(17)28)14-29-13-5-10-24-30-21-8-2-3-9-22(21)31-24/h2-4,6-9,11-12,29H,5,10,13-15H2,1H3,(H,30,31). The predicted molar refractivity (Wildman–Crippen MR) is 133 cm³/mol. The molecule has 4 aromatic rings. The van der Waals surface area contributed by atoms with Crippen LogP contribution in [0.25, 0.3) is 11.0 Å². The summed E-state index contributed by atoms with van der Waals surface area (Å²) in [5.74, 6) is 1.70. The molecule has 0 amide bonds. The second-order valence-corrected chi connectivity index (χ2v) is 8.79. The van der Waals surface area contributed by atoms with Crippen molar-refractivity contribution in [1.82, 2.24) is 15.3 Å². The van der Waals surface area contributed by atoms with Crippen LogP contribution in [0.3, 0.4) is 0 Å². The molecule has 0 radical (unpaired) electrons. The zero-order chi connectivity index (χ0) is 23.2. The van der Waals surface area contributed by atoms with Crippen molar-refractivity contribution in [3.05, 3.63) is 86.9 Å². The number of hydrogen-bond acceptors (Lipinski definition) is 4. The van der Waals surface area contributed by atoms with Crippen molar-refractivity contribution in [2.45, 2.75) is 26.0 Å². The van der Waals surface area contributed by atoms with E-state index in [1.54, 1.807) is 19.2 Å². The van der Waals surface area contributed by atoms with Gasteiger partial charge in [0.15, 0.2) is 11.5 Å². The summed E-state index contributed by atoms with van der Waals surface area (Å²) >= 11 is 9.76. The van der Waals surface area contributed by atoms with Gasteiger partial charge in [0.2, 0.25) is 0 Å². The van der Waals surface area contributed by atoms with E-state index >= 15 is 0 Å². The molecule has 0 saturated carbocycles. The number of ether oxygens (including phenoxy) is 2. The van der Waals surface area contributed by atoms with Crippen LogP contribution in [0.1, 0.15) is 23.4 Å². The Labute approximate surface area is 205 Å². The minimum atomic E-state index is -0.401. The Balaban J connectivity index is 1.39. The Kier molecular flexibility index (Phi) is 7.85. The lowest BCUT2D eigenvalue weighted by atomic mass is 10.1. The number of aromatic nitrogens is 2. The summed E-state index contributed by atoms with van der Waals surface area (Å²) in [5, 5.41) is 3.78. The van der Waals surface area contributed by atoms with Crippen LogP contribution in [0.5, 0.6) is 11.5 Å². The van der Waals surface area contributed by atoms with E-state index < -0.39 is 5.82 Å². The van der Waals surface area contributed by atoms with Gasteiger partial charge in [-0.25, -0.2) is 9.37 Å². The highest BCUT2D eigenvalue weighted by Crippen LogP contribution is 2.37. The summed E-state index contributed by atoms with van der Waals surface area (Å²) in [6, 6.07) is 16.3. The Morgan fingerprint density at radius 3 is 2.73 bits per heavy atom. The molecule has 0 bridgehead atoms. The highest BCUT2D eigenvalue weighted by Gasteiger charge is 2.16. The van der Waals surface area contributed by atoms with E-state index in [-0.39, 0.29) is 6.61 Å². The molecule has 0 unspecified atom stereocenters. The Morgan fingerprint density at radius 1 is 1.09 bits per heavy atom. The van der Waals surface area contributed by atoms with Crippen molar-refractivity contribution in [3.8, 4) is 11.5 Å². The van der Waals surface area contributed by atoms with Gasteiger partial charge in [-0.2, -0.15) is 0 Å². The lowest BCUT2D eigenvalue weighted by Gasteiger charge is -2.18. The maximum Gasteiger partial charge on any atom is 0.167 e. The molecule has 1 heterocycles. The smallest absolute Gasteiger partial charge is 0.167 e. The number of aromatic amines is 1. The van der Waals surface area contributed by atoms with Gasteiger partial charge in [0.1, 0.15) is 18.2 Å². The number of nitrogens with zero attached hydrogens (tertiary/aromatic N) is 1. The minimum Gasteiger partial charge on any atom is -0.493 e. The highest BCUT2D eigenvalue weighted by atomic mass is 79.9.